The number of anilines is 1. The second kappa shape index (κ2) is 5.96. The third-order valence-corrected chi connectivity index (χ3v) is 3.33. The quantitative estimate of drug-likeness (QED) is 0.667. The van der Waals surface area contributed by atoms with E-state index in [0.29, 0.717) is 10.2 Å². The number of nitro benzene ring substituents is 1. The molecule has 0 atom stereocenters. The Balaban J connectivity index is 2.20. The molecule has 0 fully saturated rings. The van der Waals surface area contributed by atoms with Crippen molar-refractivity contribution < 1.29 is 13.7 Å². The molecule has 0 saturated heterocycles. The summed E-state index contributed by atoms with van der Waals surface area (Å²) in [6.45, 7) is 0.0172. The van der Waals surface area contributed by atoms with E-state index >= 15 is 0 Å². The van der Waals surface area contributed by atoms with Crippen molar-refractivity contribution in [1.29, 1.82) is 0 Å². The zero-order valence-electron chi connectivity index (χ0n) is 10.1. The van der Waals surface area contributed by atoms with E-state index in [4.69, 9.17) is 0 Å². The summed E-state index contributed by atoms with van der Waals surface area (Å²) in [5, 5.41) is 13.5. The fourth-order valence-corrected chi connectivity index (χ4v) is 2.02. The standard InChI is InChI=1S/C13H9BrF2N2O2/c14-11-3-2-10(18(19)20)6-13(11)17-7-8-5-9(15)1-4-12(8)16/h1-6,17H,7H2. The van der Waals surface area contributed by atoms with E-state index in [0.717, 1.165) is 18.2 Å². The molecule has 2 aromatic rings. The van der Waals surface area contributed by atoms with Gasteiger partial charge in [-0.05, 0) is 40.2 Å². The summed E-state index contributed by atoms with van der Waals surface area (Å²) in [5.41, 5.74) is 0.488. The van der Waals surface area contributed by atoms with E-state index < -0.39 is 16.6 Å². The van der Waals surface area contributed by atoms with Gasteiger partial charge in [-0.15, -0.1) is 0 Å². The number of benzene rings is 2. The Morgan fingerprint density at radius 3 is 2.65 bits per heavy atom. The van der Waals surface area contributed by atoms with Gasteiger partial charge >= 0.3 is 0 Å². The summed E-state index contributed by atoms with van der Waals surface area (Å²) in [6, 6.07) is 7.33. The van der Waals surface area contributed by atoms with Crippen LogP contribution in [0.3, 0.4) is 0 Å². The molecule has 0 saturated carbocycles. The van der Waals surface area contributed by atoms with Gasteiger partial charge in [0.1, 0.15) is 11.6 Å². The Hall–Kier alpha value is -2.02. The second-order valence-corrected chi connectivity index (χ2v) is 4.86. The third-order valence-electron chi connectivity index (χ3n) is 2.64. The highest BCUT2D eigenvalue weighted by molar-refractivity contribution is 9.10. The highest BCUT2D eigenvalue weighted by Crippen LogP contribution is 2.27. The minimum atomic E-state index is -0.541. The molecular formula is C13H9BrF2N2O2. The zero-order valence-corrected chi connectivity index (χ0v) is 11.7. The zero-order chi connectivity index (χ0) is 14.7. The van der Waals surface area contributed by atoms with Gasteiger partial charge in [0.25, 0.3) is 5.69 Å². The molecule has 0 heterocycles. The van der Waals surface area contributed by atoms with E-state index in [9.17, 15) is 18.9 Å². The molecule has 2 aromatic carbocycles. The van der Waals surface area contributed by atoms with Crippen molar-refractivity contribution in [3.05, 3.63) is 68.2 Å². The molecule has 7 heteroatoms. The molecule has 0 amide bonds. The number of non-ortho nitro benzene ring substituents is 1. The van der Waals surface area contributed by atoms with Crippen LogP contribution in [-0.2, 0) is 6.54 Å². The van der Waals surface area contributed by atoms with E-state index in [1.165, 1.54) is 18.2 Å². The first-order valence-electron chi connectivity index (χ1n) is 5.59. The number of rotatable bonds is 4. The van der Waals surface area contributed by atoms with Crippen LogP contribution in [0.25, 0.3) is 0 Å². The lowest BCUT2D eigenvalue weighted by Crippen LogP contribution is -2.03. The minimum absolute atomic E-state index is 0.0172. The molecule has 0 aliphatic carbocycles. The van der Waals surface area contributed by atoms with Crippen molar-refractivity contribution in [3.8, 4) is 0 Å². The molecule has 2 rings (SSSR count). The number of nitrogens with zero attached hydrogens (tertiary/aromatic N) is 1. The maximum atomic E-state index is 13.5. The SMILES string of the molecule is O=[N+]([O-])c1ccc(Br)c(NCc2cc(F)ccc2F)c1. The van der Waals surface area contributed by atoms with Crippen LogP contribution in [0.4, 0.5) is 20.2 Å². The monoisotopic (exact) mass is 342 g/mol. The van der Waals surface area contributed by atoms with Crippen LogP contribution in [-0.4, -0.2) is 4.92 Å². The average Bonchev–Trinajstić information content (AvgIpc) is 2.41. The molecule has 0 aromatic heterocycles. The summed E-state index contributed by atoms with van der Waals surface area (Å²) < 4.78 is 27.1. The van der Waals surface area contributed by atoms with Crippen LogP contribution >= 0.6 is 15.9 Å². The highest BCUT2D eigenvalue weighted by Gasteiger charge is 2.10. The van der Waals surface area contributed by atoms with Gasteiger partial charge in [0.15, 0.2) is 0 Å². The predicted octanol–water partition coefficient (Wildman–Crippen LogP) is 4.25. The average molecular weight is 343 g/mol. The smallest absolute Gasteiger partial charge is 0.271 e. The Morgan fingerprint density at radius 1 is 1.20 bits per heavy atom. The van der Waals surface area contributed by atoms with Crippen molar-refractivity contribution in [2.75, 3.05) is 5.32 Å². The molecule has 104 valence electrons. The van der Waals surface area contributed by atoms with E-state index in [1.807, 2.05) is 0 Å². The van der Waals surface area contributed by atoms with Gasteiger partial charge in [-0.1, -0.05) is 0 Å². The lowest BCUT2D eigenvalue weighted by atomic mass is 10.2. The van der Waals surface area contributed by atoms with Gasteiger partial charge in [0.05, 0.1) is 10.6 Å². The van der Waals surface area contributed by atoms with Crippen molar-refractivity contribution in [1.82, 2.24) is 0 Å². The number of nitro groups is 1. The van der Waals surface area contributed by atoms with Gasteiger partial charge in [0, 0.05) is 28.7 Å². The molecule has 0 bridgehead atoms. The first kappa shape index (κ1) is 14.4. The van der Waals surface area contributed by atoms with Gasteiger partial charge in [-0.3, -0.25) is 10.1 Å². The van der Waals surface area contributed by atoms with Gasteiger partial charge in [0.2, 0.25) is 0 Å². The maximum absolute atomic E-state index is 13.5. The summed E-state index contributed by atoms with van der Waals surface area (Å²) in [4.78, 5) is 10.2. The number of nitrogens with one attached hydrogen (secondary N) is 1. The third kappa shape index (κ3) is 3.30. The Labute approximate surface area is 121 Å². The number of hydrogen-bond donors (Lipinski definition) is 1. The molecule has 0 aliphatic rings. The maximum Gasteiger partial charge on any atom is 0.271 e. The highest BCUT2D eigenvalue weighted by atomic mass is 79.9. The lowest BCUT2D eigenvalue weighted by molar-refractivity contribution is -0.384. The van der Waals surface area contributed by atoms with Crippen LogP contribution in [0.2, 0.25) is 0 Å². The fourth-order valence-electron chi connectivity index (χ4n) is 1.63. The van der Waals surface area contributed by atoms with Crippen LogP contribution < -0.4 is 5.32 Å². The topological polar surface area (TPSA) is 55.2 Å². The number of hydrogen-bond acceptors (Lipinski definition) is 3. The first-order chi connectivity index (χ1) is 9.47. The van der Waals surface area contributed by atoms with E-state index in [2.05, 4.69) is 21.2 Å². The van der Waals surface area contributed by atoms with Gasteiger partial charge < -0.3 is 5.32 Å². The van der Waals surface area contributed by atoms with Crippen LogP contribution in [0, 0.1) is 21.7 Å². The molecular weight excluding hydrogens is 334 g/mol. The Morgan fingerprint density at radius 2 is 1.95 bits per heavy atom. The van der Waals surface area contributed by atoms with Crippen molar-refractivity contribution in [3.63, 3.8) is 0 Å². The summed E-state index contributed by atoms with van der Waals surface area (Å²) in [6.07, 6.45) is 0. The van der Waals surface area contributed by atoms with Crippen LogP contribution in [0.5, 0.6) is 0 Å². The Kier molecular flexibility index (Phi) is 4.29. The van der Waals surface area contributed by atoms with E-state index in [1.54, 1.807) is 0 Å². The molecule has 0 unspecified atom stereocenters. The molecule has 0 radical (unpaired) electrons. The minimum Gasteiger partial charge on any atom is -0.380 e. The Bertz CT molecular complexity index is 665. The van der Waals surface area contributed by atoms with Crippen molar-refractivity contribution >= 4 is 27.3 Å². The summed E-state index contributed by atoms with van der Waals surface area (Å²) in [7, 11) is 0. The van der Waals surface area contributed by atoms with Crippen LogP contribution in [0.1, 0.15) is 5.56 Å². The van der Waals surface area contributed by atoms with Crippen molar-refractivity contribution in [2.45, 2.75) is 6.54 Å². The molecule has 0 aliphatic heterocycles. The molecule has 20 heavy (non-hydrogen) atoms. The first-order valence-corrected chi connectivity index (χ1v) is 6.38. The summed E-state index contributed by atoms with van der Waals surface area (Å²) in [5.74, 6) is -1.08. The second-order valence-electron chi connectivity index (χ2n) is 4.01. The van der Waals surface area contributed by atoms with Crippen molar-refractivity contribution in [2.24, 2.45) is 0 Å². The predicted molar refractivity (Wildman–Crippen MR) is 74.5 cm³/mol. The number of halogens is 3. The lowest BCUT2D eigenvalue weighted by Gasteiger charge is -2.09. The van der Waals surface area contributed by atoms with E-state index in [-0.39, 0.29) is 17.8 Å². The fraction of sp³-hybridized carbons (Fsp3) is 0.0769. The molecule has 1 N–H and O–H groups in total. The van der Waals surface area contributed by atoms with Crippen LogP contribution in [0.15, 0.2) is 40.9 Å². The van der Waals surface area contributed by atoms with Gasteiger partial charge in [-0.2, -0.15) is 0 Å². The molecule has 4 nitrogen and oxygen atoms in total. The molecule has 0 spiro atoms. The summed E-state index contributed by atoms with van der Waals surface area (Å²) >= 11 is 3.23. The largest absolute Gasteiger partial charge is 0.380 e. The van der Waals surface area contributed by atoms with Gasteiger partial charge in [-0.25, -0.2) is 8.78 Å². The normalized spacial score (nSPS) is 10.3.